The highest BCUT2D eigenvalue weighted by Gasteiger charge is 2.42. The molecular weight excluding hydrogens is 282 g/mol. The SMILES string of the molecule is Cc1cccc(C2=CCN(C(=O)C3(O)CCSC3)CC2)c1. The maximum atomic E-state index is 12.5. The molecule has 1 saturated heterocycles. The van der Waals surface area contributed by atoms with Gasteiger partial charge < -0.3 is 10.0 Å². The predicted molar refractivity (Wildman–Crippen MR) is 87.2 cm³/mol. The van der Waals surface area contributed by atoms with E-state index in [9.17, 15) is 9.90 Å². The van der Waals surface area contributed by atoms with Crippen LogP contribution >= 0.6 is 11.8 Å². The number of amides is 1. The van der Waals surface area contributed by atoms with Crippen LogP contribution in [0.2, 0.25) is 0 Å². The third-order valence-corrected chi connectivity index (χ3v) is 5.46. The lowest BCUT2D eigenvalue weighted by atomic mass is 9.96. The van der Waals surface area contributed by atoms with Crippen molar-refractivity contribution in [2.45, 2.75) is 25.4 Å². The zero-order valence-electron chi connectivity index (χ0n) is 12.3. The highest BCUT2D eigenvalue weighted by Crippen LogP contribution is 2.31. The van der Waals surface area contributed by atoms with E-state index in [0.717, 1.165) is 12.2 Å². The summed E-state index contributed by atoms with van der Waals surface area (Å²) in [4.78, 5) is 14.2. The van der Waals surface area contributed by atoms with Gasteiger partial charge in [0.15, 0.2) is 5.60 Å². The summed E-state index contributed by atoms with van der Waals surface area (Å²) in [5.74, 6) is 1.32. The number of rotatable bonds is 2. The fourth-order valence-corrected chi connectivity index (χ4v) is 4.21. The molecule has 1 N–H and O–H groups in total. The van der Waals surface area contributed by atoms with Gasteiger partial charge in [-0.25, -0.2) is 0 Å². The zero-order valence-corrected chi connectivity index (χ0v) is 13.2. The number of hydrogen-bond acceptors (Lipinski definition) is 3. The average molecular weight is 303 g/mol. The topological polar surface area (TPSA) is 40.5 Å². The molecule has 2 heterocycles. The van der Waals surface area contributed by atoms with Crippen LogP contribution in [0.4, 0.5) is 0 Å². The van der Waals surface area contributed by atoms with Gasteiger partial charge in [-0.2, -0.15) is 11.8 Å². The summed E-state index contributed by atoms with van der Waals surface area (Å²) in [6.45, 7) is 3.40. The minimum Gasteiger partial charge on any atom is -0.379 e. The maximum Gasteiger partial charge on any atom is 0.255 e. The molecule has 112 valence electrons. The molecule has 21 heavy (non-hydrogen) atoms. The number of aryl methyl sites for hydroxylation is 1. The van der Waals surface area contributed by atoms with E-state index in [2.05, 4.69) is 37.3 Å². The van der Waals surface area contributed by atoms with Crippen LogP contribution in [0.15, 0.2) is 30.3 Å². The molecule has 0 spiro atoms. The van der Waals surface area contributed by atoms with Gasteiger partial charge in [-0.3, -0.25) is 4.79 Å². The second-order valence-electron chi connectivity index (χ2n) is 5.93. The van der Waals surface area contributed by atoms with Gasteiger partial charge in [0, 0.05) is 18.8 Å². The highest BCUT2D eigenvalue weighted by molar-refractivity contribution is 7.99. The molecule has 3 nitrogen and oxygen atoms in total. The minimum absolute atomic E-state index is 0.0907. The molecule has 2 aliphatic rings. The van der Waals surface area contributed by atoms with Crippen molar-refractivity contribution >= 4 is 23.2 Å². The van der Waals surface area contributed by atoms with Crippen LogP contribution in [-0.2, 0) is 4.79 Å². The molecule has 1 unspecified atom stereocenters. The zero-order chi connectivity index (χ0) is 14.9. The van der Waals surface area contributed by atoms with Crippen LogP contribution in [0.1, 0.15) is 24.0 Å². The van der Waals surface area contributed by atoms with Crippen LogP contribution in [0.3, 0.4) is 0 Å². The number of carbonyl (C=O) groups is 1. The van der Waals surface area contributed by atoms with E-state index in [0.29, 0.717) is 25.3 Å². The fraction of sp³-hybridized carbons (Fsp3) is 0.471. The summed E-state index contributed by atoms with van der Waals surface area (Å²) in [5.41, 5.74) is 2.68. The summed E-state index contributed by atoms with van der Waals surface area (Å²) in [6.07, 6.45) is 3.57. The molecule has 0 aliphatic carbocycles. The molecule has 1 atom stereocenters. The average Bonchev–Trinajstić information content (AvgIpc) is 2.95. The van der Waals surface area contributed by atoms with E-state index in [1.165, 1.54) is 16.7 Å². The number of nitrogens with zero attached hydrogens (tertiary/aromatic N) is 1. The Labute approximate surface area is 130 Å². The fourth-order valence-electron chi connectivity index (χ4n) is 2.98. The van der Waals surface area contributed by atoms with Gasteiger partial charge in [0.2, 0.25) is 0 Å². The normalized spacial score (nSPS) is 25.8. The van der Waals surface area contributed by atoms with E-state index in [4.69, 9.17) is 0 Å². The van der Waals surface area contributed by atoms with Gasteiger partial charge >= 0.3 is 0 Å². The second-order valence-corrected chi connectivity index (χ2v) is 7.04. The molecule has 2 aliphatic heterocycles. The van der Waals surface area contributed by atoms with Crippen LogP contribution in [0, 0.1) is 6.92 Å². The molecule has 0 bridgehead atoms. The first kappa shape index (κ1) is 14.7. The first-order chi connectivity index (χ1) is 10.1. The number of carbonyl (C=O) groups excluding carboxylic acids is 1. The first-order valence-corrected chi connectivity index (χ1v) is 8.59. The largest absolute Gasteiger partial charge is 0.379 e. The molecule has 0 radical (unpaired) electrons. The quantitative estimate of drug-likeness (QED) is 0.912. The molecule has 3 rings (SSSR count). The van der Waals surface area contributed by atoms with Gasteiger partial charge in [-0.05, 0) is 36.7 Å². The van der Waals surface area contributed by atoms with Crippen molar-refractivity contribution in [1.82, 2.24) is 4.90 Å². The lowest BCUT2D eigenvalue weighted by Crippen LogP contribution is -2.50. The molecule has 1 aromatic carbocycles. The minimum atomic E-state index is -1.13. The number of aliphatic hydroxyl groups is 1. The third-order valence-electron chi connectivity index (χ3n) is 4.28. The predicted octanol–water partition coefficient (Wildman–Crippen LogP) is 2.48. The molecule has 0 saturated carbocycles. The number of benzene rings is 1. The third kappa shape index (κ3) is 3.01. The lowest BCUT2D eigenvalue weighted by Gasteiger charge is -2.32. The van der Waals surface area contributed by atoms with Gasteiger partial charge in [0.05, 0.1) is 0 Å². The van der Waals surface area contributed by atoms with E-state index >= 15 is 0 Å². The van der Waals surface area contributed by atoms with Crippen LogP contribution in [0.5, 0.6) is 0 Å². The maximum absolute atomic E-state index is 12.5. The summed E-state index contributed by atoms with van der Waals surface area (Å²) < 4.78 is 0. The van der Waals surface area contributed by atoms with E-state index in [1.54, 1.807) is 16.7 Å². The van der Waals surface area contributed by atoms with Crippen molar-refractivity contribution < 1.29 is 9.90 Å². The van der Waals surface area contributed by atoms with E-state index < -0.39 is 5.60 Å². The molecule has 1 aromatic rings. The van der Waals surface area contributed by atoms with E-state index in [-0.39, 0.29) is 5.91 Å². The molecule has 0 aromatic heterocycles. The van der Waals surface area contributed by atoms with Crippen molar-refractivity contribution in [3.63, 3.8) is 0 Å². The Morgan fingerprint density at radius 1 is 1.43 bits per heavy atom. The Kier molecular flexibility index (Phi) is 4.09. The van der Waals surface area contributed by atoms with Crippen molar-refractivity contribution in [2.75, 3.05) is 24.6 Å². The van der Waals surface area contributed by atoms with Crippen molar-refractivity contribution in [2.24, 2.45) is 0 Å². The molecule has 1 amide bonds. The van der Waals surface area contributed by atoms with Crippen molar-refractivity contribution in [3.8, 4) is 0 Å². The molecule has 4 heteroatoms. The van der Waals surface area contributed by atoms with Gasteiger partial charge in [-0.1, -0.05) is 35.9 Å². The standard InChI is InChI=1S/C17H21NO2S/c1-13-3-2-4-15(11-13)14-5-8-18(9-6-14)16(19)17(20)7-10-21-12-17/h2-5,11,20H,6-10,12H2,1H3. The van der Waals surface area contributed by atoms with Crippen LogP contribution in [-0.4, -0.2) is 46.1 Å². The van der Waals surface area contributed by atoms with Gasteiger partial charge in [0.25, 0.3) is 5.91 Å². The Hall–Kier alpha value is -1.26. The summed E-state index contributed by atoms with van der Waals surface area (Å²) in [7, 11) is 0. The number of thioether (sulfide) groups is 1. The highest BCUT2D eigenvalue weighted by atomic mass is 32.2. The Balaban J connectivity index is 1.70. The van der Waals surface area contributed by atoms with Crippen LogP contribution in [0.25, 0.3) is 5.57 Å². The Bertz CT molecular complexity index is 576. The van der Waals surface area contributed by atoms with Crippen molar-refractivity contribution in [3.05, 3.63) is 41.5 Å². The van der Waals surface area contributed by atoms with Gasteiger partial charge in [0.1, 0.15) is 0 Å². The summed E-state index contributed by atoms with van der Waals surface area (Å²) in [5, 5.41) is 10.4. The monoisotopic (exact) mass is 303 g/mol. The smallest absolute Gasteiger partial charge is 0.255 e. The first-order valence-electron chi connectivity index (χ1n) is 7.44. The summed E-state index contributed by atoms with van der Waals surface area (Å²) >= 11 is 1.66. The molecule has 1 fully saturated rings. The molecular formula is C17H21NO2S. The van der Waals surface area contributed by atoms with E-state index in [1.807, 2.05) is 0 Å². The van der Waals surface area contributed by atoms with Gasteiger partial charge in [-0.15, -0.1) is 0 Å². The van der Waals surface area contributed by atoms with Crippen molar-refractivity contribution in [1.29, 1.82) is 0 Å². The number of hydrogen-bond donors (Lipinski definition) is 1. The summed E-state index contributed by atoms with van der Waals surface area (Å²) in [6, 6.07) is 8.47. The Morgan fingerprint density at radius 3 is 2.90 bits per heavy atom. The Morgan fingerprint density at radius 2 is 2.29 bits per heavy atom. The second kappa shape index (κ2) is 5.85. The van der Waals surface area contributed by atoms with Crippen LogP contribution < -0.4 is 0 Å². The lowest BCUT2D eigenvalue weighted by molar-refractivity contribution is -0.148.